The van der Waals surface area contributed by atoms with Gasteiger partial charge in [0.2, 0.25) is 0 Å². The van der Waals surface area contributed by atoms with Crippen LogP contribution in [0.5, 0.6) is 0 Å². The maximum absolute atomic E-state index is 12.5. The van der Waals surface area contributed by atoms with E-state index in [1.807, 2.05) is 48.2 Å². The summed E-state index contributed by atoms with van der Waals surface area (Å²) in [6.45, 7) is 2.39. The molecule has 0 saturated heterocycles. The number of imidazole rings is 1. The lowest BCUT2D eigenvalue weighted by Crippen LogP contribution is -2.24. The van der Waals surface area contributed by atoms with E-state index in [9.17, 15) is 4.79 Å². The summed E-state index contributed by atoms with van der Waals surface area (Å²) in [5.41, 5.74) is 2.65. The number of hydrogen-bond acceptors (Lipinski definition) is 4. The minimum atomic E-state index is -0.121. The van der Waals surface area contributed by atoms with Crippen LogP contribution in [-0.4, -0.2) is 26.7 Å². The van der Waals surface area contributed by atoms with E-state index >= 15 is 0 Å². The van der Waals surface area contributed by atoms with Crippen LogP contribution in [0, 0.1) is 6.92 Å². The van der Waals surface area contributed by atoms with Crippen LogP contribution in [0.25, 0.3) is 5.69 Å². The molecule has 0 aliphatic carbocycles. The van der Waals surface area contributed by atoms with Gasteiger partial charge in [0.05, 0.1) is 11.3 Å². The zero-order chi connectivity index (χ0) is 16.9. The molecule has 122 valence electrons. The minimum Gasteiger partial charge on any atom is -0.348 e. The highest BCUT2D eigenvalue weighted by Crippen LogP contribution is 2.18. The van der Waals surface area contributed by atoms with Gasteiger partial charge in [0, 0.05) is 25.1 Å². The highest BCUT2D eigenvalue weighted by Gasteiger charge is 2.12. The molecule has 0 spiro atoms. The molecule has 3 rings (SSSR count). The van der Waals surface area contributed by atoms with Gasteiger partial charge in [0.25, 0.3) is 5.91 Å². The average molecular weight is 338 g/mol. The van der Waals surface area contributed by atoms with Crippen molar-refractivity contribution < 1.29 is 4.79 Å². The van der Waals surface area contributed by atoms with Crippen molar-refractivity contribution in [3.63, 3.8) is 0 Å². The number of amides is 1. The third-order valence-electron chi connectivity index (χ3n) is 3.73. The van der Waals surface area contributed by atoms with Gasteiger partial charge >= 0.3 is 0 Å². The summed E-state index contributed by atoms with van der Waals surface area (Å²) in [5.74, 6) is 0.787. The van der Waals surface area contributed by atoms with Crippen LogP contribution >= 0.6 is 11.8 Å². The van der Waals surface area contributed by atoms with E-state index in [1.165, 1.54) is 11.8 Å². The average Bonchev–Trinajstić information content (AvgIpc) is 3.05. The highest BCUT2D eigenvalue weighted by molar-refractivity contribution is 7.98. The van der Waals surface area contributed by atoms with Gasteiger partial charge in [0.1, 0.15) is 10.9 Å². The van der Waals surface area contributed by atoms with Gasteiger partial charge in [-0.25, -0.2) is 9.97 Å². The number of aryl methyl sites for hydroxylation is 1. The van der Waals surface area contributed by atoms with Crippen molar-refractivity contribution in [3.05, 3.63) is 71.9 Å². The highest BCUT2D eigenvalue weighted by atomic mass is 32.2. The van der Waals surface area contributed by atoms with Gasteiger partial charge in [-0.1, -0.05) is 18.2 Å². The number of nitrogens with zero attached hydrogens (tertiary/aromatic N) is 3. The van der Waals surface area contributed by atoms with Crippen molar-refractivity contribution in [2.45, 2.75) is 18.5 Å². The lowest BCUT2D eigenvalue weighted by atomic mass is 10.1. The summed E-state index contributed by atoms with van der Waals surface area (Å²) in [4.78, 5) is 21.0. The van der Waals surface area contributed by atoms with Crippen LogP contribution in [0.2, 0.25) is 0 Å². The van der Waals surface area contributed by atoms with E-state index < -0.39 is 0 Å². The lowest BCUT2D eigenvalue weighted by Gasteiger charge is -2.13. The number of aromatic nitrogens is 3. The molecule has 2 heterocycles. The zero-order valence-electron chi connectivity index (χ0n) is 13.6. The molecule has 6 heteroatoms. The van der Waals surface area contributed by atoms with Crippen molar-refractivity contribution in [2.24, 2.45) is 0 Å². The lowest BCUT2D eigenvalue weighted by molar-refractivity contribution is 0.0947. The van der Waals surface area contributed by atoms with Crippen LogP contribution < -0.4 is 5.32 Å². The summed E-state index contributed by atoms with van der Waals surface area (Å²) in [5, 5.41) is 3.72. The predicted octanol–water partition coefficient (Wildman–Crippen LogP) is 3.23. The molecule has 0 fully saturated rings. The molecule has 1 amide bonds. The summed E-state index contributed by atoms with van der Waals surface area (Å²) in [7, 11) is 0. The first-order chi connectivity index (χ1) is 11.7. The number of para-hydroxylation sites is 1. The van der Waals surface area contributed by atoms with Crippen LogP contribution in [0.15, 0.2) is 60.0 Å². The monoisotopic (exact) mass is 338 g/mol. The number of benzene rings is 1. The Morgan fingerprint density at radius 1 is 1.17 bits per heavy atom. The summed E-state index contributed by atoms with van der Waals surface area (Å²) in [6, 6.07) is 11.5. The Labute approximate surface area is 145 Å². The number of carbonyl (C=O) groups excluding carboxylic acids is 1. The first-order valence-corrected chi connectivity index (χ1v) is 8.78. The third kappa shape index (κ3) is 3.33. The van der Waals surface area contributed by atoms with E-state index in [1.54, 1.807) is 24.5 Å². The maximum Gasteiger partial charge on any atom is 0.254 e. The van der Waals surface area contributed by atoms with Crippen molar-refractivity contribution in [1.29, 1.82) is 0 Å². The fraction of sp³-hybridized carbons (Fsp3) is 0.167. The number of rotatable bonds is 5. The van der Waals surface area contributed by atoms with Crippen LogP contribution in [0.3, 0.4) is 0 Å². The summed E-state index contributed by atoms with van der Waals surface area (Å²) >= 11 is 1.46. The Kier molecular flexibility index (Phi) is 4.96. The van der Waals surface area contributed by atoms with Crippen molar-refractivity contribution in [1.82, 2.24) is 19.9 Å². The molecule has 0 aliphatic rings. The fourth-order valence-electron chi connectivity index (χ4n) is 2.52. The number of pyridine rings is 1. The predicted molar refractivity (Wildman–Crippen MR) is 95.5 cm³/mol. The maximum atomic E-state index is 12.5. The van der Waals surface area contributed by atoms with Gasteiger partial charge < -0.3 is 9.88 Å². The van der Waals surface area contributed by atoms with Crippen LogP contribution in [-0.2, 0) is 6.54 Å². The SMILES string of the molecule is CSc1ncccc1C(=O)NCc1ccccc1-n1ccnc1C. The molecule has 1 N–H and O–H groups in total. The second-order valence-electron chi connectivity index (χ2n) is 5.22. The molecule has 24 heavy (non-hydrogen) atoms. The zero-order valence-corrected chi connectivity index (χ0v) is 14.4. The van der Waals surface area contributed by atoms with Gasteiger partial charge in [-0.3, -0.25) is 4.79 Å². The quantitative estimate of drug-likeness (QED) is 0.726. The second kappa shape index (κ2) is 7.31. The molecule has 2 aromatic heterocycles. The molecule has 5 nitrogen and oxygen atoms in total. The smallest absolute Gasteiger partial charge is 0.254 e. The molecule has 0 aliphatic heterocycles. The Hall–Kier alpha value is -2.60. The van der Waals surface area contributed by atoms with Crippen molar-refractivity contribution in [3.8, 4) is 5.69 Å². The normalized spacial score (nSPS) is 10.6. The largest absolute Gasteiger partial charge is 0.348 e. The first-order valence-electron chi connectivity index (χ1n) is 7.56. The molecular weight excluding hydrogens is 320 g/mol. The number of carbonyl (C=O) groups is 1. The molecule has 1 aromatic carbocycles. The van der Waals surface area contributed by atoms with E-state index in [4.69, 9.17) is 0 Å². The van der Waals surface area contributed by atoms with Gasteiger partial charge in [-0.05, 0) is 36.9 Å². The fourth-order valence-corrected chi connectivity index (χ4v) is 3.07. The van der Waals surface area contributed by atoms with Crippen LogP contribution in [0.1, 0.15) is 21.7 Å². The molecular formula is C18H18N4OS. The van der Waals surface area contributed by atoms with E-state index in [0.29, 0.717) is 12.1 Å². The number of nitrogens with one attached hydrogen (secondary N) is 1. The Morgan fingerprint density at radius 3 is 2.75 bits per heavy atom. The van der Waals surface area contributed by atoms with Gasteiger partial charge in [-0.15, -0.1) is 11.8 Å². The Balaban J connectivity index is 1.81. The van der Waals surface area contributed by atoms with Crippen LogP contribution in [0.4, 0.5) is 0 Å². The molecule has 0 bridgehead atoms. The first kappa shape index (κ1) is 16.3. The Morgan fingerprint density at radius 2 is 2.00 bits per heavy atom. The summed E-state index contributed by atoms with van der Waals surface area (Å²) in [6.07, 6.45) is 7.30. The number of hydrogen-bond donors (Lipinski definition) is 1. The molecule has 3 aromatic rings. The summed E-state index contributed by atoms with van der Waals surface area (Å²) < 4.78 is 2.01. The topological polar surface area (TPSA) is 59.8 Å². The second-order valence-corrected chi connectivity index (χ2v) is 6.01. The third-order valence-corrected chi connectivity index (χ3v) is 4.44. The van der Waals surface area contributed by atoms with Crippen molar-refractivity contribution in [2.75, 3.05) is 6.26 Å². The van der Waals surface area contributed by atoms with E-state index in [-0.39, 0.29) is 5.91 Å². The standard InChI is InChI=1S/C18H18N4OS/c1-13-19-10-11-22(13)16-8-4-3-6-14(16)12-21-17(23)15-7-5-9-20-18(15)24-2/h3-11H,12H2,1-2H3,(H,21,23). The van der Waals surface area contributed by atoms with Gasteiger partial charge in [-0.2, -0.15) is 0 Å². The molecule has 0 atom stereocenters. The Bertz CT molecular complexity index is 859. The van der Waals surface area contributed by atoms with Crippen molar-refractivity contribution >= 4 is 17.7 Å². The molecule has 0 radical (unpaired) electrons. The minimum absolute atomic E-state index is 0.121. The molecule has 0 unspecified atom stereocenters. The van der Waals surface area contributed by atoms with Gasteiger partial charge in [0.15, 0.2) is 0 Å². The molecule has 0 saturated carbocycles. The number of thioether (sulfide) groups is 1. The van der Waals surface area contributed by atoms with E-state index in [2.05, 4.69) is 15.3 Å². The van der Waals surface area contributed by atoms with E-state index in [0.717, 1.165) is 22.1 Å².